The molecule has 1 N–H and O–H groups in total. The van der Waals surface area contributed by atoms with Crippen molar-refractivity contribution in [2.45, 2.75) is 19.6 Å². The fraction of sp³-hybridized carbons (Fsp3) is 0.417. The average Bonchev–Trinajstić information content (AvgIpc) is 2.25. The minimum Gasteiger partial charge on any atom is -0.478 e. The van der Waals surface area contributed by atoms with Crippen LogP contribution < -0.4 is 4.90 Å². The first kappa shape index (κ1) is 10.9. The van der Waals surface area contributed by atoms with E-state index in [1.807, 2.05) is 6.92 Å². The van der Waals surface area contributed by atoms with Crippen molar-refractivity contribution in [3.63, 3.8) is 0 Å². The van der Waals surface area contributed by atoms with E-state index < -0.39 is 12.3 Å². The molecule has 0 bridgehead atoms. The fourth-order valence-corrected chi connectivity index (χ4v) is 2.18. The largest absolute Gasteiger partial charge is 0.478 e. The van der Waals surface area contributed by atoms with Gasteiger partial charge in [0.15, 0.2) is 6.30 Å². The van der Waals surface area contributed by atoms with Crippen LogP contribution in [-0.2, 0) is 6.42 Å². The quantitative estimate of drug-likeness (QED) is 0.743. The minimum atomic E-state index is -0.997. The molecule has 4 heteroatoms. The van der Waals surface area contributed by atoms with E-state index in [2.05, 4.69) is 0 Å². The third-order valence-corrected chi connectivity index (χ3v) is 3.09. The second-order valence-corrected chi connectivity index (χ2v) is 4.31. The number of hydrogen-bond acceptors (Lipinski definition) is 2. The molecule has 0 fully saturated rings. The first-order valence-electron chi connectivity index (χ1n) is 5.24. The van der Waals surface area contributed by atoms with E-state index in [9.17, 15) is 9.18 Å². The number of halogens is 1. The smallest absolute Gasteiger partial charge is 0.335 e. The average molecular weight is 223 g/mol. The molecule has 0 aromatic heterocycles. The van der Waals surface area contributed by atoms with Crippen molar-refractivity contribution in [1.82, 2.24) is 0 Å². The summed E-state index contributed by atoms with van der Waals surface area (Å²) in [4.78, 5) is 12.4. The van der Waals surface area contributed by atoms with Gasteiger partial charge in [-0.15, -0.1) is 0 Å². The Morgan fingerprint density at radius 2 is 2.25 bits per heavy atom. The van der Waals surface area contributed by atoms with Crippen molar-refractivity contribution in [3.8, 4) is 0 Å². The van der Waals surface area contributed by atoms with Crippen LogP contribution in [-0.4, -0.2) is 24.4 Å². The zero-order valence-electron chi connectivity index (χ0n) is 9.27. The number of fused-ring (bicyclic) bond motifs is 1. The maximum Gasteiger partial charge on any atom is 0.335 e. The Kier molecular flexibility index (Phi) is 2.58. The van der Waals surface area contributed by atoms with Gasteiger partial charge in [0.1, 0.15) is 0 Å². The summed E-state index contributed by atoms with van der Waals surface area (Å²) in [5.74, 6) is -1.05. The van der Waals surface area contributed by atoms with Gasteiger partial charge >= 0.3 is 5.97 Å². The van der Waals surface area contributed by atoms with Crippen molar-refractivity contribution in [2.75, 3.05) is 11.9 Å². The molecule has 0 unspecified atom stereocenters. The molecule has 3 nitrogen and oxygen atoms in total. The molecule has 0 saturated carbocycles. The minimum absolute atomic E-state index is 0.110. The number of benzene rings is 1. The standard InChI is InChI=1S/C12H14FNO2/c1-7-5-9-6-8(12(15)16)3-4-10(9)14(2)11(7)13/h3-4,6-7,11H,5H2,1-2H3,(H,15,16)/t7-,11-/m1/s1. The zero-order valence-corrected chi connectivity index (χ0v) is 9.27. The van der Waals surface area contributed by atoms with Gasteiger partial charge in [-0.3, -0.25) is 0 Å². The Balaban J connectivity index is 2.45. The van der Waals surface area contributed by atoms with Crippen LogP contribution >= 0.6 is 0 Å². The highest BCUT2D eigenvalue weighted by Crippen LogP contribution is 2.33. The molecule has 0 radical (unpaired) electrons. The van der Waals surface area contributed by atoms with Crippen LogP contribution in [0.3, 0.4) is 0 Å². The molecule has 0 saturated heterocycles. The van der Waals surface area contributed by atoms with Crippen molar-refractivity contribution >= 4 is 11.7 Å². The molecular weight excluding hydrogens is 209 g/mol. The molecular formula is C12H14FNO2. The number of carbonyl (C=O) groups is 1. The number of aromatic carboxylic acids is 1. The van der Waals surface area contributed by atoms with E-state index in [-0.39, 0.29) is 11.5 Å². The van der Waals surface area contributed by atoms with Crippen LogP contribution in [0.25, 0.3) is 0 Å². The van der Waals surface area contributed by atoms with Crippen LogP contribution in [0.4, 0.5) is 10.1 Å². The molecule has 0 spiro atoms. The Labute approximate surface area is 93.5 Å². The number of anilines is 1. The maximum absolute atomic E-state index is 13.7. The molecule has 1 heterocycles. The van der Waals surface area contributed by atoms with Crippen LogP contribution in [0, 0.1) is 5.92 Å². The highest BCUT2D eigenvalue weighted by molar-refractivity contribution is 5.88. The summed E-state index contributed by atoms with van der Waals surface area (Å²) in [6.07, 6.45) is -0.412. The summed E-state index contributed by atoms with van der Waals surface area (Å²) in [5.41, 5.74) is 1.95. The lowest BCUT2D eigenvalue weighted by Gasteiger charge is -2.35. The zero-order chi connectivity index (χ0) is 11.9. The van der Waals surface area contributed by atoms with Gasteiger partial charge in [-0.2, -0.15) is 0 Å². The van der Waals surface area contributed by atoms with Crippen LogP contribution in [0.1, 0.15) is 22.8 Å². The molecule has 1 aliphatic heterocycles. The van der Waals surface area contributed by atoms with Gasteiger partial charge in [-0.05, 0) is 30.2 Å². The number of carboxylic acids is 1. The van der Waals surface area contributed by atoms with Gasteiger partial charge in [0, 0.05) is 18.7 Å². The summed E-state index contributed by atoms with van der Waals surface area (Å²) in [5, 5.41) is 8.88. The number of alkyl halides is 1. The monoisotopic (exact) mass is 223 g/mol. The molecule has 2 rings (SSSR count). The second kappa shape index (κ2) is 3.77. The van der Waals surface area contributed by atoms with Gasteiger partial charge in [0.25, 0.3) is 0 Å². The highest BCUT2D eigenvalue weighted by atomic mass is 19.1. The predicted molar refractivity (Wildman–Crippen MR) is 59.6 cm³/mol. The summed E-state index contributed by atoms with van der Waals surface area (Å²) in [6.45, 7) is 1.83. The lowest BCUT2D eigenvalue weighted by molar-refractivity contribution is 0.0696. The molecule has 1 aromatic carbocycles. The maximum atomic E-state index is 13.7. The topological polar surface area (TPSA) is 40.5 Å². The van der Waals surface area contributed by atoms with Gasteiger partial charge in [-0.25, -0.2) is 9.18 Å². The molecule has 1 aliphatic rings. The number of rotatable bonds is 1. The van der Waals surface area contributed by atoms with Crippen LogP contribution in [0.15, 0.2) is 18.2 Å². The van der Waals surface area contributed by atoms with Crippen molar-refractivity contribution < 1.29 is 14.3 Å². The second-order valence-electron chi connectivity index (χ2n) is 4.31. The third kappa shape index (κ3) is 1.64. The van der Waals surface area contributed by atoms with E-state index in [1.54, 1.807) is 24.1 Å². The molecule has 16 heavy (non-hydrogen) atoms. The first-order valence-corrected chi connectivity index (χ1v) is 5.24. The molecule has 0 aliphatic carbocycles. The van der Waals surface area contributed by atoms with Crippen LogP contribution in [0.2, 0.25) is 0 Å². The van der Waals surface area contributed by atoms with Crippen LogP contribution in [0.5, 0.6) is 0 Å². The number of carboxylic acid groups (broad SMARTS) is 1. The van der Waals surface area contributed by atoms with Gasteiger partial charge in [-0.1, -0.05) is 6.92 Å². The van der Waals surface area contributed by atoms with E-state index in [0.29, 0.717) is 6.42 Å². The summed E-state index contributed by atoms with van der Waals surface area (Å²) in [6, 6.07) is 4.83. The Hall–Kier alpha value is -1.58. The normalized spacial score (nSPS) is 24.1. The first-order chi connectivity index (χ1) is 7.50. The van der Waals surface area contributed by atoms with Gasteiger partial charge in [0.2, 0.25) is 0 Å². The van der Waals surface area contributed by atoms with Gasteiger partial charge in [0.05, 0.1) is 5.56 Å². The summed E-state index contributed by atoms with van der Waals surface area (Å²) < 4.78 is 13.7. The Morgan fingerprint density at radius 3 is 2.88 bits per heavy atom. The molecule has 86 valence electrons. The number of nitrogens with zero attached hydrogens (tertiary/aromatic N) is 1. The molecule has 0 amide bonds. The Bertz CT molecular complexity index is 433. The lowest BCUT2D eigenvalue weighted by atomic mass is 9.92. The lowest BCUT2D eigenvalue weighted by Crippen LogP contribution is -2.38. The van der Waals surface area contributed by atoms with E-state index >= 15 is 0 Å². The van der Waals surface area contributed by atoms with Crippen molar-refractivity contribution in [1.29, 1.82) is 0 Å². The molecule has 2 atom stereocenters. The fourth-order valence-electron chi connectivity index (χ4n) is 2.18. The van der Waals surface area contributed by atoms with E-state index in [1.165, 1.54) is 6.07 Å². The summed E-state index contributed by atoms with van der Waals surface area (Å²) >= 11 is 0. The van der Waals surface area contributed by atoms with E-state index in [4.69, 9.17) is 5.11 Å². The van der Waals surface area contributed by atoms with Crippen molar-refractivity contribution in [3.05, 3.63) is 29.3 Å². The predicted octanol–water partition coefficient (Wildman–Crippen LogP) is 2.31. The third-order valence-electron chi connectivity index (χ3n) is 3.09. The van der Waals surface area contributed by atoms with E-state index in [0.717, 1.165) is 11.3 Å². The summed E-state index contributed by atoms with van der Waals surface area (Å²) in [7, 11) is 1.69. The number of hydrogen-bond donors (Lipinski definition) is 1. The molecule has 1 aromatic rings. The van der Waals surface area contributed by atoms with Crippen molar-refractivity contribution in [2.24, 2.45) is 5.92 Å². The highest BCUT2D eigenvalue weighted by Gasteiger charge is 2.29. The van der Waals surface area contributed by atoms with Gasteiger partial charge < -0.3 is 10.0 Å². The Morgan fingerprint density at radius 1 is 1.56 bits per heavy atom. The SMILES string of the molecule is C[C@@H]1Cc2cc(C(=O)O)ccc2N(C)[C@H]1F.